The number of carbonyl (C=O) groups is 1. The molecular weight excluding hydrogens is 412 g/mol. The molecule has 5 rings (SSSR count). The van der Waals surface area contributed by atoms with Crippen molar-refractivity contribution in [1.82, 2.24) is 20.6 Å². The molecule has 3 N–H and O–H groups in total. The molecule has 0 unspecified atom stereocenters. The van der Waals surface area contributed by atoms with Gasteiger partial charge in [0.1, 0.15) is 11.9 Å². The first-order chi connectivity index (χ1) is 16.2. The number of H-pyrrole nitrogens is 1. The summed E-state index contributed by atoms with van der Waals surface area (Å²) < 4.78 is 0. The maximum absolute atomic E-state index is 12.5. The molecule has 3 aromatic rings. The van der Waals surface area contributed by atoms with Crippen LogP contribution in [0.4, 0.5) is 5.82 Å². The molecular formula is C26H28N6O. The third kappa shape index (κ3) is 4.62. The number of hydrogen-bond acceptors (Lipinski definition) is 5. The van der Waals surface area contributed by atoms with Crippen LogP contribution in [0.3, 0.4) is 0 Å². The van der Waals surface area contributed by atoms with Crippen LogP contribution in [0.5, 0.6) is 0 Å². The summed E-state index contributed by atoms with van der Waals surface area (Å²) in [5, 5.41) is 16.1. The van der Waals surface area contributed by atoms with Gasteiger partial charge >= 0.3 is 0 Å². The maximum atomic E-state index is 12.5. The van der Waals surface area contributed by atoms with Crippen molar-refractivity contribution in [3.8, 4) is 28.6 Å². The molecule has 2 aliphatic rings. The fraction of sp³-hybridized carbons (Fsp3) is 0.346. The number of aromatic amines is 1. The lowest BCUT2D eigenvalue weighted by molar-refractivity contribution is 0.0938. The van der Waals surface area contributed by atoms with Gasteiger partial charge in [-0.15, -0.1) is 0 Å². The van der Waals surface area contributed by atoms with Crippen LogP contribution in [0.15, 0.2) is 48.7 Å². The van der Waals surface area contributed by atoms with Gasteiger partial charge in [-0.1, -0.05) is 25.0 Å². The fourth-order valence-corrected chi connectivity index (χ4v) is 4.71. The van der Waals surface area contributed by atoms with Gasteiger partial charge in [-0.2, -0.15) is 5.26 Å². The number of aromatic nitrogens is 2. The first-order valence-corrected chi connectivity index (χ1v) is 11.7. The van der Waals surface area contributed by atoms with Gasteiger partial charge in [-0.05, 0) is 43.2 Å². The lowest BCUT2D eigenvalue weighted by Crippen LogP contribution is -2.44. The van der Waals surface area contributed by atoms with Gasteiger partial charge in [0.25, 0.3) is 5.91 Å². The molecule has 1 aromatic carbocycles. The first kappa shape index (κ1) is 21.2. The number of nitrogens with zero attached hydrogens (tertiary/aromatic N) is 3. The Kier molecular flexibility index (Phi) is 6.09. The second-order valence-corrected chi connectivity index (χ2v) is 8.76. The average Bonchev–Trinajstić information content (AvgIpc) is 3.55. The first-order valence-electron chi connectivity index (χ1n) is 11.7. The highest BCUT2D eigenvalue weighted by Crippen LogP contribution is 2.29. The Morgan fingerprint density at radius 3 is 2.55 bits per heavy atom. The van der Waals surface area contributed by atoms with E-state index in [-0.39, 0.29) is 5.91 Å². The van der Waals surface area contributed by atoms with Crippen LogP contribution in [0.1, 0.15) is 41.6 Å². The standard InChI is InChI=1S/C26H28N6O/c27-17-21-16-24(31-25(21)32-13-11-28-12-14-32)20-9-10-29-23(15-20)18-5-7-19(8-6-18)26(33)30-22-3-1-2-4-22/h5-10,15-16,22,28,31H,1-4,11-14H2,(H,30,33). The highest BCUT2D eigenvalue weighted by atomic mass is 16.1. The summed E-state index contributed by atoms with van der Waals surface area (Å²) in [5.41, 5.74) is 4.97. The fourth-order valence-electron chi connectivity index (χ4n) is 4.71. The summed E-state index contributed by atoms with van der Waals surface area (Å²) in [6.07, 6.45) is 6.31. The number of nitrogens with one attached hydrogen (secondary N) is 3. The number of benzene rings is 1. The number of hydrogen-bond donors (Lipinski definition) is 3. The molecule has 1 saturated carbocycles. The molecule has 0 radical (unpaired) electrons. The summed E-state index contributed by atoms with van der Waals surface area (Å²) >= 11 is 0. The van der Waals surface area contributed by atoms with E-state index in [1.165, 1.54) is 12.8 Å². The summed E-state index contributed by atoms with van der Waals surface area (Å²) in [7, 11) is 0. The van der Waals surface area contributed by atoms with Gasteiger partial charge in [0, 0.05) is 60.8 Å². The van der Waals surface area contributed by atoms with Crippen molar-refractivity contribution in [2.75, 3.05) is 31.1 Å². The molecule has 2 aromatic heterocycles. The maximum Gasteiger partial charge on any atom is 0.251 e. The summed E-state index contributed by atoms with van der Waals surface area (Å²) in [6, 6.07) is 16.1. The quantitative estimate of drug-likeness (QED) is 0.562. The predicted molar refractivity (Wildman–Crippen MR) is 129 cm³/mol. The van der Waals surface area contributed by atoms with E-state index < -0.39 is 0 Å². The van der Waals surface area contributed by atoms with Gasteiger partial charge in [0.15, 0.2) is 0 Å². The van der Waals surface area contributed by atoms with Crippen LogP contribution in [0.2, 0.25) is 0 Å². The number of carbonyl (C=O) groups excluding carboxylic acids is 1. The molecule has 1 aliphatic heterocycles. The van der Waals surface area contributed by atoms with Crippen LogP contribution in [0, 0.1) is 11.3 Å². The summed E-state index contributed by atoms with van der Waals surface area (Å²) in [4.78, 5) is 22.7. The van der Waals surface area contributed by atoms with Crippen molar-refractivity contribution in [3.05, 3.63) is 59.8 Å². The zero-order chi connectivity index (χ0) is 22.6. The number of piperazine rings is 1. The van der Waals surface area contributed by atoms with Crippen molar-refractivity contribution in [3.63, 3.8) is 0 Å². The SMILES string of the molecule is N#Cc1cc(-c2ccnc(-c3ccc(C(=O)NC4CCCC4)cc3)c2)[nH]c1N1CCNCC1. The van der Waals surface area contributed by atoms with E-state index >= 15 is 0 Å². The summed E-state index contributed by atoms with van der Waals surface area (Å²) in [5.74, 6) is 0.871. The van der Waals surface area contributed by atoms with E-state index in [1.54, 1.807) is 6.20 Å². The minimum absolute atomic E-state index is 0.00831. The predicted octanol–water partition coefficient (Wildman–Crippen LogP) is 3.70. The molecule has 1 saturated heterocycles. The molecule has 7 heteroatoms. The van der Waals surface area contributed by atoms with E-state index in [9.17, 15) is 10.1 Å². The third-order valence-corrected chi connectivity index (χ3v) is 6.55. The third-order valence-electron chi connectivity index (χ3n) is 6.55. The lowest BCUT2D eigenvalue weighted by Gasteiger charge is -2.28. The van der Waals surface area contributed by atoms with E-state index in [2.05, 4.69) is 31.6 Å². The highest BCUT2D eigenvalue weighted by molar-refractivity contribution is 5.94. The van der Waals surface area contributed by atoms with E-state index in [0.717, 1.165) is 67.4 Å². The van der Waals surface area contributed by atoms with Crippen LogP contribution >= 0.6 is 0 Å². The van der Waals surface area contributed by atoms with Crippen LogP contribution in [-0.4, -0.2) is 48.1 Å². The topological polar surface area (TPSA) is 96.8 Å². The molecule has 3 heterocycles. The minimum atomic E-state index is -0.00831. The number of pyridine rings is 1. The number of amides is 1. The van der Waals surface area contributed by atoms with Crippen molar-refractivity contribution >= 4 is 11.7 Å². The smallest absolute Gasteiger partial charge is 0.251 e. The van der Waals surface area contributed by atoms with Gasteiger partial charge in [0.2, 0.25) is 0 Å². The molecule has 33 heavy (non-hydrogen) atoms. The molecule has 7 nitrogen and oxygen atoms in total. The molecule has 0 atom stereocenters. The molecule has 1 amide bonds. The second-order valence-electron chi connectivity index (χ2n) is 8.76. The molecule has 0 spiro atoms. The van der Waals surface area contributed by atoms with Crippen LogP contribution < -0.4 is 15.5 Å². The highest BCUT2D eigenvalue weighted by Gasteiger charge is 2.19. The van der Waals surface area contributed by atoms with Crippen LogP contribution in [-0.2, 0) is 0 Å². The Hall–Kier alpha value is -3.63. The van der Waals surface area contributed by atoms with Gasteiger partial charge in [0.05, 0.1) is 11.3 Å². The Morgan fingerprint density at radius 1 is 1.06 bits per heavy atom. The van der Waals surface area contributed by atoms with E-state index in [0.29, 0.717) is 17.2 Å². The van der Waals surface area contributed by atoms with Crippen molar-refractivity contribution in [1.29, 1.82) is 5.26 Å². The normalized spacial score (nSPS) is 16.5. The van der Waals surface area contributed by atoms with E-state index in [4.69, 9.17) is 0 Å². The second kappa shape index (κ2) is 9.47. The zero-order valence-electron chi connectivity index (χ0n) is 18.6. The van der Waals surface area contributed by atoms with Gasteiger partial charge in [-0.3, -0.25) is 9.78 Å². The van der Waals surface area contributed by atoms with Crippen molar-refractivity contribution in [2.45, 2.75) is 31.7 Å². The minimum Gasteiger partial charge on any atom is -0.355 e. The molecule has 0 bridgehead atoms. The number of rotatable bonds is 5. The largest absolute Gasteiger partial charge is 0.355 e. The monoisotopic (exact) mass is 440 g/mol. The van der Waals surface area contributed by atoms with Crippen molar-refractivity contribution in [2.24, 2.45) is 0 Å². The van der Waals surface area contributed by atoms with Gasteiger partial charge in [-0.25, -0.2) is 0 Å². The number of nitriles is 1. The van der Waals surface area contributed by atoms with Crippen LogP contribution in [0.25, 0.3) is 22.5 Å². The Balaban J connectivity index is 1.35. The van der Waals surface area contributed by atoms with Gasteiger partial charge < -0.3 is 20.5 Å². The Morgan fingerprint density at radius 2 is 1.82 bits per heavy atom. The molecule has 1 aliphatic carbocycles. The van der Waals surface area contributed by atoms with E-state index in [1.807, 2.05) is 42.5 Å². The number of anilines is 1. The Bertz CT molecular complexity index is 1160. The summed E-state index contributed by atoms with van der Waals surface area (Å²) in [6.45, 7) is 3.56. The lowest BCUT2D eigenvalue weighted by atomic mass is 10.0. The zero-order valence-corrected chi connectivity index (χ0v) is 18.6. The molecule has 2 fully saturated rings. The van der Waals surface area contributed by atoms with Crippen molar-refractivity contribution < 1.29 is 4.79 Å². The average molecular weight is 441 g/mol. The Labute approximate surface area is 193 Å². The molecule has 168 valence electrons.